The topological polar surface area (TPSA) is 51.8 Å². The first-order valence-electron chi connectivity index (χ1n) is 6.10. The fourth-order valence-corrected chi connectivity index (χ4v) is 4.13. The number of hydrogen-bond donors (Lipinski definition) is 1. The van der Waals surface area contributed by atoms with Crippen molar-refractivity contribution in [3.63, 3.8) is 0 Å². The van der Waals surface area contributed by atoms with Crippen molar-refractivity contribution in [2.24, 2.45) is 5.73 Å². The van der Waals surface area contributed by atoms with Gasteiger partial charge in [0.2, 0.25) is 0 Å². The van der Waals surface area contributed by atoms with E-state index in [1.54, 1.807) is 23.1 Å². The third kappa shape index (κ3) is 4.27. The predicted molar refractivity (Wildman–Crippen MR) is 84.9 cm³/mol. The summed E-state index contributed by atoms with van der Waals surface area (Å²) in [5, 5.41) is 9.14. The maximum atomic E-state index is 6.00. The Morgan fingerprint density at radius 1 is 1.42 bits per heavy atom. The molecule has 0 radical (unpaired) electrons. The number of nitrogens with two attached hydrogens (primary N) is 1. The van der Waals surface area contributed by atoms with Gasteiger partial charge in [-0.3, -0.25) is 0 Å². The van der Waals surface area contributed by atoms with Gasteiger partial charge in [0.15, 0.2) is 4.34 Å². The van der Waals surface area contributed by atoms with Crippen LogP contribution in [-0.2, 0) is 6.42 Å². The molecule has 0 amide bonds. The second kappa shape index (κ2) is 6.83. The largest absolute Gasteiger partial charge is 0.327 e. The van der Waals surface area contributed by atoms with Crippen molar-refractivity contribution in [2.75, 3.05) is 0 Å². The lowest BCUT2D eigenvalue weighted by Crippen LogP contribution is -2.21. The van der Waals surface area contributed by atoms with Crippen LogP contribution in [0.3, 0.4) is 0 Å². The Bertz CT molecular complexity index is 557. The summed E-state index contributed by atoms with van der Waals surface area (Å²) in [6.45, 7) is 4.08. The number of halogens is 1. The lowest BCUT2D eigenvalue weighted by Gasteiger charge is -2.11. The molecular weight excluding hydrogens is 342 g/mol. The first kappa shape index (κ1) is 15.0. The fourth-order valence-electron chi connectivity index (χ4n) is 1.60. The number of benzene rings is 1. The zero-order chi connectivity index (χ0) is 13.8. The van der Waals surface area contributed by atoms with E-state index in [0.29, 0.717) is 0 Å². The van der Waals surface area contributed by atoms with E-state index in [4.69, 9.17) is 5.73 Å². The Morgan fingerprint density at radius 2 is 2.21 bits per heavy atom. The van der Waals surface area contributed by atoms with Crippen molar-refractivity contribution in [1.29, 1.82) is 0 Å². The van der Waals surface area contributed by atoms with Crippen molar-refractivity contribution >= 4 is 39.0 Å². The predicted octanol–water partition coefficient (Wildman–Crippen LogP) is 4.04. The summed E-state index contributed by atoms with van der Waals surface area (Å²) in [5.41, 5.74) is 7.25. The molecule has 0 fully saturated rings. The third-order valence-corrected chi connectivity index (χ3v) is 5.36. The molecule has 102 valence electrons. The van der Waals surface area contributed by atoms with Crippen LogP contribution < -0.4 is 5.73 Å². The zero-order valence-electron chi connectivity index (χ0n) is 10.9. The summed E-state index contributed by atoms with van der Waals surface area (Å²) >= 11 is 6.87. The molecule has 1 heterocycles. The van der Waals surface area contributed by atoms with E-state index in [1.165, 1.54) is 5.56 Å². The van der Waals surface area contributed by atoms with Gasteiger partial charge in [0, 0.05) is 15.4 Å². The van der Waals surface area contributed by atoms with E-state index in [-0.39, 0.29) is 6.04 Å². The van der Waals surface area contributed by atoms with Gasteiger partial charge in [-0.05, 0) is 37.5 Å². The quantitative estimate of drug-likeness (QED) is 0.876. The standard InChI is InChI=1S/C13H16BrN3S2/c1-3-10(15)6-9-4-5-11(7-12(9)14)19-13-17-16-8(2)18-13/h4-5,7,10H,3,6,15H2,1-2H3. The average Bonchev–Trinajstić information content (AvgIpc) is 2.78. The third-order valence-electron chi connectivity index (χ3n) is 2.74. The Balaban J connectivity index is 2.10. The molecule has 1 aromatic heterocycles. The Hall–Kier alpha value is -0.430. The summed E-state index contributed by atoms with van der Waals surface area (Å²) in [6, 6.07) is 6.60. The van der Waals surface area contributed by atoms with Gasteiger partial charge in [0.05, 0.1) is 0 Å². The van der Waals surface area contributed by atoms with Crippen molar-refractivity contribution in [3.05, 3.63) is 33.2 Å². The van der Waals surface area contributed by atoms with Gasteiger partial charge in [0.25, 0.3) is 0 Å². The van der Waals surface area contributed by atoms with Crippen LogP contribution in [-0.4, -0.2) is 16.2 Å². The van der Waals surface area contributed by atoms with Crippen molar-refractivity contribution in [3.8, 4) is 0 Å². The Morgan fingerprint density at radius 3 is 2.79 bits per heavy atom. The van der Waals surface area contributed by atoms with Crippen LogP contribution in [0.2, 0.25) is 0 Å². The summed E-state index contributed by atoms with van der Waals surface area (Å²) < 4.78 is 2.09. The smallest absolute Gasteiger partial charge is 0.179 e. The van der Waals surface area contributed by atoms with Crippen LogP contribution in [0.25, 0.3) is 0 Å². The highest BCUT2D eigenvalue weighted by Crippen LogP contribution is 2.32. The molecule has 0 aliphatic heterocycles. The zero-order valence-corrected chi connectivity index (χ0v) is 14.1. The molecule has 0 bridgehead atoms. The Kier molecular flexibility index (Phi) is 5.38. The minimum Gasteiger partial charge on any atom is -0.327 e. The van der Waals surface area contributed by atoms with Gasteiger partial charge < -0.3 is 5.73 Å². The summed E-state index contributed by atoms with van der Waals surface area (Å²) in [5.74, 6) is 0. The number of nitrogens with zero attached hydrogens (tertiary/aromatic N) is 2. The first-order valence-corrected chi connectivity index (χ1v) is 8.53. The van der Waals surface area contributed by atoms with Gasteiger partial charge >= 0.3 is 0 Å². The molecule has 6 heteroatoms. The highest BCUT2D eigenvalue weighted by Gasteiger charge is 2.08. The Labute approximate surface area is 130 Å². The molecule has 19 heavy (non-hydrogen) atoms. The molecule has 2 N–H and O–H groups in total. The number of hydrogen-bond acceptors (Lipinski definition) is 5. The molecule has 0 saturated carbocycles. The number of aryl methyl sites for hydroxylation is 1. The molecule has 2 aromatic rings. The minimum absolute atomic E-state index is 0.223. The monoisotopic (exact) mass is 357 g/mol. The van der Waals surface area contributed by atoms with Gasteiger partial charge in [-0.25, -0.2) is 0 Å². The summed E-state index contributed by atoms with van der Waals surface area (Å²) in [7, 11) is 0. The second-order valence-electron chi connectivity index (χ2n) is 4.31. The highest BCUT2D eigenvalue weighted by atomic mass is 79.9. The van der Waals surface area contributed by atoms with Crippen LogP contribution in [0, 0.1) is 6.92 Å². The minimum atomic E-state index is 0.223. The van der Waals surface area contributed by atoms with Crippen LogP contribution in [0.1, 0.15) is 23.9 Å². The SMILES string of the molecule is CCC(N)Cc1ccc(Sc2nnc(C)s2)cc1Br. The van der Waals surface area contributed by atoms with E-state index >= 15 is 0 Å². The van der Waals surface area contributed by atoms with E-state index in [9.17, 15) is 0 Å². The normalized spacial score (nSPS) is 12.6. The summed E-state index contributed by atoms with van der Waals surface area (Å²) in [4.78, 5) is 1.16. The molecule has 1 aromatic carbocycles. The lowest BCUT2D eigenvalue weighted by molar-refractivity contribution is 0.645. The van der Waals surface area contributed by atoms with Crippen LogP contribution in [0.15, 0.2) is 31.9 Å². The first-order chi connectivity index (χ1) is 9.08. The highest BCUT2D eigenvalue weighted by molar-refractivity contribution is 9.10. The molecule has 3 nitrogen and oxygen atoms in total. The molecule has 0 aliphatic carbocycles. The van der Waals surface area contributed by atoms with Crippen molar-refractivity contribution < 1.29 is 0 Å². The van der Waals surface area contributed by atoms with E-state index < -0.39 is 0 Å². The number of aromatic nitrogens is 2. The van der Waals surface area contributed by atoms with Crippen LogP contribution in [0.4, 0.5) is 0 Å². The molecular formula is C13H16BrN3S2. The van der Waals surface area contributed by atoms with Gasteiger partial charge in [-0.1, -0.05) is 52.0 Å². The molecule has 0 aliphatic rings. The molecule has 1 atom stereocenters. The van der Waals surface area contributed by atoms with Crippen LogP contribution >= 0.6 is 39.0 Å². The van der Waals surface area contributed by atoms with Gasteiger partial charge in [-0.15, -0.1) is 10.2 Å². The van der Waals surface area contributed by atoms with Gasteiger partial charge in [0.1, 0.15) is 5.01 Å². The average molecular weight is 358 g/mol. The van der Waals surface area contributed by atoms with E-state index in [2.05, 4.69) is 51.3 Å². The van der Waals surface area contributed by atoms with E-state index in [0.717, 1.165) is 31.6 Å². The maximum Gasteiger partial charge on any atom is 0.179 e. The summed E-state index contributed by atoms with van der Waals surface area (Å²) in [6.07, 6.45) is 1.90. The molecule has 1 unspecified atom stereocenters. The lowest BCUT2D eigenvalue weighted by atomic mass is 10.1. The van der Waals surface area contributed by atoms with E-state index in [1.807, 2.05) is 6.92 Å². The molecule has 2 rings (SSSR count). The fraction of sp³-hybridized carbons (Fsp3) is 0.385. The van der Waals surface area contributed by atoms with Gasteiger partial charge in [-0.2, -0.15) is 0 Å². The second-order valence-corrected chi connectivity index (χ2v) is 7.67. The van der Waals surface area contributed by atoms with Crippen LogP contribution in [0.5, 0.6) is 0 Å². The maximum absolute atomic E-state index is 6.00. The molecule has 0 spiro atoms. The number of rotatable bonds is 5. The van der Waals surface area contributed by atoms with Crippen molar-refractivity contribution in [2.45, 2.75) is 42.0 Å². The van der Waals surface area contributed by atoms with Crippen molar-refractivity contribution in [1.82, 2.24) is 10.2 Å². The molecule has 0 saturated heterocycles.